The molecule has 1 saturated heterocycles. The molecule has 1 aliphatic heterocycles. The average molecular weight is 173 g/mol. The molecule has 1 aliphatic rings. The molecular formula is C7H11NO4. The van der Waals surface area contributed by atoms with E-state index in [2.05, 4.69) is 4.74 Å². The zero-order valence-corrected chi connectivity index (χ0v) is 6.82. The van der Waals surface area contributed by atoms with Crippen LogP contribution in [0.5, 0.6) is 0 Å². The van der Waals surface area contributed by atoms with Crippen LogP contribution in [0.1, 0.15) is 12.8 Å². The Balaban J connectivity index is 2.70. The fourth-order valence-corrected chi connectivity index (χ4v) is 1.27. The number of carbonyl (C=O) groups is 2. The lowest BCUT2D eigenvalue weighted by molar-refractivity contribution is -0.127. The van der Waals surface area contributed by atoms with Gasteiger partial charge in [-0.3, -0.25) is 4.79 Å². The van der Waals surface area contributed by atoms with Gasteiger partial charge in [-0.2, -0.15) is 0 Å². The number of amides is 2. The number of hydrogen-bond acceptors (Lipinski definition) is 4. The zero-order chi connectivity index (χ0) is 9.14. The number of aliphatic hydroxyl groups excluding tert-OH is 1. The van der Waals surface area contributed by atoms with Gasteiger partial charge in [-0.05, 0) is 6.42 Å². The second kappa shape index (κ2) is 3.53. The summed E-state index contributed by atoms with van der Waals surface area (Å²) in [6, 6.07) is -0.398. The normalized spacial score (nSPS) is 23.0. The first-order valence-corrected chi connectivity index (χ1v) is 3.71. The number of aliphatic hydroxyl groups is 1. The summed E-state index contributed by atoms with van der Waals surface area (Å²) < 4.78 is 4.39. The number of ether oxygens (including phenoxy) is 1. The van der Waals surface area contributed by atoms with Crippen LogP contribution < -0.4 is 0 Å². The third-order valence-corrected chi connectivity index (χ3v) is 1.91. The lowest BCUT2D eigenvalue weighted by atomic mass is 10.2. The highest BCUT2D eigenvalue weighted by Crippen LogP contribution is 2.18. The maximum atomic E-state index is 11.1. The van der Waals surface area contributed by atoms with Crippen LogP contribution in [0.25, 0.3) is 0 Å². The summed E-state index contributed by atoms with van der Waals surface area (Å²) in [4.78, 5) is 23.0. The highest BCUT2D eigenvalue weighted by atomic mass is 16.5. The fraction of sp³-hybridized carbons (Fsp3) is 0.714. The van der Waals surface area contributed by atoms with Crippen LogP contribution >= 0.6 is 0 Å². The first kappa shape index (κ1) is 8.99. The van der Waals surface area contributed by atoms with Crippen molar-refractivity contribution in [3.63, 3.8) is 0 Å². The average Bonchev–Trinajstić information content (AvgIpc) is 2.45. The quantitative estimate of drug-likeness (QED) is 0.593. The van der Waals surface area contributed by atoms with Crippen LogP contribution in [0.15, 0.2) is 0 Å². The van der Waals surface area contributed by atoms with E-state index in [4.69, 9.17) is 5.11 Å². The Hall–Kier alpha value is -1.10. The van der Waals surface area contributed by atoms with Crippen molar-refractivity contribution in [2.24, 2.45) is 0 Å². The lowest BCUT2D eigenvalue weighted by Gasteiger charge is -2.18. The smallest absolute Gasteiger partial charge is 0.416 e. The minimum absolute atomic E-state index is 0.194. The Labute approximate surface area is 69.9 Å². The molecule has 1 N–H and O–H groups in total. The van der Waals surface area contributed by atoms with Gasteiger partial charge in [0.1, 0.15) is 0 Å². The number of imide groups is 1. The molecule has 12 heavy (non-hydrogen) atoms. The number of methoxy groups -OCH3 is 1. The number of hydrogen-bond donors (Lipinski definition) is 1. The number of likely N-dealkylation sites (tertiary alicyclic amines) is 1. The van der Waals surface area contributed by atoms with E-state index in [1.807, 2.05) is 0 Å². The van der Waals surface area contributed by atoms with Crippen molar-refractivity contribution >= 4 is 12.0 Å². The first-order valence-electron chi connectivity index (χ1n) is 3.71. The number of carbonyl (C=O) groups excluding carboxylic acids is 2. The summed E-state index contributed by atoms with van der Waals surface area (Å²) in [5.74, 6) is -0.277. The zero-order valence-electron chi connectivity index (χ0n) is 6.82. The van der Waals surface area contributed by atoms with Crippen LogP contribution in [0.2, 0.25) is 0 Å². The van der Waals surface area contributed by atoms with Gasteiger partial charge in [0.15, 0.2) is 0 Å². The molecule has 1 rings (SSSR count). The molecular weight excluding hydrogens is 162 g/mol. The van der Waals surface area contributed by atoms with E-state index < -0.39 is 12.1 Å². The highest BCUT2D eigenvalue weighted by molar-refractivity contribution is 5.94. The van der Waals surface area contributed by atoms with Crippen molar-refractivity contribution in [2.75, 3.05) is 13.7 Å². The molecule has 5 nitrogen and oxygen atoms in total. The SMILES string of the molecule is COC(=O)N1C(=O)CCC1CO. The minimum atomic E-state index is -0.684. The monoisotopic (exact) mass is 173 g/mol. The van der Waals surface area contributed by atoms with E-state index in [1.54, 1.807) is 0 Å². The maximum Gasteiger partial charge on any atom is 0.416 e. The summed E-state index contributed by atoms with van der Waals surface area (Å²) in [6.45, 7) is -0.194. The van der Waals surface area contributed by atoms with Gasteiger partial charge >= 0.3 is 6.09 Å². The predicted molar refractivity (Wildman–Crippen MR) is 39.4 cm³/mol. The molecule has 0 saturated carbocycles. The highest BCUT2D eigenvalue weighted by Gasteiger charge is 2.35. The maximum absolute atomic E-state index is 11.1. The summed E-state index contributed by atoms with van der Waals surface area (Å²) in [6.07, 6.45) is 0.140. The van der Waals surface area contributed by atoms with Crippen LogP contribution in [0.4, 0.5) is 4.79 Å². The molecule has 5 heteroatoms. The molecule has 0 aliphatic carbocycles. The summed E-state index contributed by atoms with van der Waals surface area (Å²) in [5.41, 5.74) is 0. The van der Waals surface area contributed by atoms with E-state index in [9.17, 15) is 9.59 Å². The molecule has 0 spiro atoms. The number of rotatable bonds is 1. The molecule has 1 atom stereocenters. The van der Waals surface area contributed by atoms with Crippen molar-refractivity contribution in [1.82, 2.24) is 4.90 Å². The number of nitrogens with zero attached hydrogens (tertiary/aromatic N) is 1. The molecule has 0 aromatic heterocycles. The molecule has 0 radical (unpaired) electrons. The molecule has 1 fully saturated rings. The van der Waals surface area contributed by atoms with Gasteiger partial charge in [0.05, 0.1) is 19.8 Å². The topological polar surface area (TPSA) is 66.8 Å². The van der Waals surface area contributed by atoms with E-state index in [0.29, 0.717) is 12.8 Å². The third kappa shape index (κ3) is 1.40. The molecule has 2 amide bonds. The molecule has 1 heterocycles. The Bertz CT molecular complexity index is 204. The second-order valence-electron chi connectivity index (χ2n) is 2.61. The van der Waals surface area contributed by atoms with Gasteiger partial charge < -0.3 is 9.84 Å². The van der Waals surface area contributed by atoms with Crippen LogP contribution in [-0.2, 0) is 9.53 Å². The Morgan fingerprint density at radius 1 is 1.83 bits per heavy atom. The Morgan fingerprint density at radius 2 is 2.50 bits per heavy atom. The van der Waals surface area contributed by atoms with Gasteiger partial charge in [0.25, 0.3) is 0 Å². The van der Waals surface area contributed by atoms with Gasteiger partial charge in [0, 0.05) is 6.42 Å². The van der Waals surface area contributed by atoms with Crippen LogP contribution in [0.3, 0.4) is 0 Å². The van der Waals surface area contributed by atoms with Crippen molar-refractivity contribution in [3.05, 3.63) is 0 Å². The van der Waals surface area contributed by atoms with Crippen molar-refractivity contribution in [3.8, 4) is 0 Å². The standard InChI is InChI=1S/C7H11NO4/c1-12-7(11)8-5(4-9)2-3-6(8)10/h5,9H,2-4H2,1H3. The summed E-state index contributed by atoms with van der Waals surface area (Å²) >= 11 is 0. The molecule has 68 valence electrons. The van der Waals surface area contributed by atoms with Gasteiger partial charge in [-0.1, -0.05) is 0 Å². The second-order valence-corrected chi connectivity index (χ2v) is 2.61. The van der Waals surface area contributed by atoms with Gasteiger partial charge in [-0.15, -0.1) is 0 Å². The molecule has 0 aromatic rings. The Kier molecular flexibility index (Phi) is 2.65. The lowest BCUT2D eigenvalue weighted by Crippen LogP contribution is -2.40. The first-order chi connectivity index (χ1) is 5.70. The van der Waals surface area contributed by atoms with E-state index in [-0.39, 0.29) is 12.5 Å². The molecule has 1 unspecified atom stereocenters. The summed E-state index contributed by atoms with van der Waals surface area (Å²) in [7, 11) is 1.21. The predicted octanol–water partition coefficient (Wildman–Crippen LogP) is -0.264. The van der Waals surface area contributed by atoms with E-state index in [0.717, 1.165) is 4.90 Å². The summed E-state index contributed by atoms with van der Waals surface area (Å²) in [5, 5.41) is 8.80. The van der Waals surface area contributed by atoms with Crippen LogP contribution in [0, 0.1) is 0 Å². The van der Waals surface area contributed by atoms with Gasteiger partial charge in [0.2, 0.25) is 5.91 Å². The van der Waals surface area contributed by atoms with Crippen LogP contribution in [-0.4, -0.2) is 41.8 Å². The minimum Gasteiger partial charge on any atom is -0.452 e. The Morgan fingerprint density at radius 3 is 3.00 bits per heavy atom. The third-order valence-electron chi connectivity index (χ3n) is 1.91. The largest absolute Gasteiger partial charge is 0.452 e. The molecule has 0 aromatic carbocycles. The fourth-order valence-electron chi connectivity index (χ4n) is 1.27. The van der Waals surface area contributed by atoms with E-state index >= 15 is 0 Å². The van der Waals surface area contributed by atoms with Crippen molar-refractivity contribution in [2.45, 2.75) is 18.9 Å². The van der Waals surface area contributed by atoms with E-state index in [1.165, 1.54) is 7.11 Å². The van der Waals surface area contributed by atoms with Crippen molar-refractivity contribution in [1.29, 1.82) is 0 Å². The van der Waals surface area contributed by atoms with Gasteiger partial charge in [-0.25, -0.2) is 9.69 Å². The van der Waals surface area contributed by atoms with Crippen molar-refractivity contribution < 1.29 is 19.4 Å². The molecule has 0 bridgehead atoms.